The first-order valence-electron chi connectivity index (χ1n) is 14.0. The second kappa shape index (κ2) is 15.7. The number of hydrogen-bond donors (Lipinski definition) is 0. The van der Waals surface area contributed by atoms with Gasteiger partial charge in [0.1, 0.15) is 5.75 Å². The smallest absolute Gasteiger partial charge is 0.412 e. The maximum absolute atomic E-state index is 12.9. The molecule has 0 spiro atoms. The molecule has 0 N–H and O–H groups in total. The molecule has 2 aliphatic heterocycles. The predicted molar refractivity (Wildman–Crippen MR) is 154 cm³/mol. The van der Waals surface area contributed by atoms with Crippen LogP contribution in [0.3, 0.4) is 0 Å². The van der Waals surface area contributed by atoms with Crippen molar-refractivity contribution in [2.24, 2.45) is 5.41 Å². The highest BCUT2D eigenvalue weighted by Crippen LogP contribution is 2.21. The topological polar surface area (TPSA) is 132 Å². The third-order valence-electron chi connectivity index (χ3n) is 6.91. The number of amides is 2. The van der Waals surface area contributed by atoms with E-state index in [0.29, 0.717) is 50.3 Å². The van der Waals surface area contributed by atoms with Crippen molar-refractivity contribution in [2.75, 3.05) is 52.5 Å². The molecule has 0 saturated carbocycles. The Bertz CT molecular complexity index is 1100. The van der Waals surface area contributed by atoms with Crippen molar-refractivity contribution in [2.45, 2.75) is 59.8 Å². The number of benzene rings is 1. The summed E-state index contributed by atoms with van der Waals surface area (Å²) in [6.07, 6.45) is -0.150. The first kappa shape index (κ1) is 34.8. The highest BCUT2D eigenvalue weighted by Gasteiger charge is 2.34. The number of piperidine rings is 1. The zero-order valence-corrected chi connectivity index (χ0v) is 25.8. The SMILES string of the molecule is CCOC(=O)COc1ccc(C(=O)CN2CCN(C3CCN(C(=O)OC(C)OC(=O)C(C)(C)C)CC3)CC2=O)cc1.Cl. The van der Waals surface area contributed by atoms with Gasteiger partial charge in [-0.1, -0.05) is 0 Å². The fourth-order valence-electron chi connectivity index (χ4n) is 4.53. The average molecular weight is 612 g/mol. The summed E-state index contributed by atoms with van der Waals surface area (Å²) in [6.45, 7) is 10.7. The highest BCUT2D eigenvalue weighted by atomic mass is 35.5. The molecular weight excluding hydrogens is 570 g/mol. The molecule has 2 heterocycles. The van der Waals surface area contributed by atoms with Gasteiger partial charge in [-0.05, 0) is 64.8 Å². The number of likely N-dealkylation sites (tertiary alicyclic amines) is 1. The van der Waals surface area contributed by atoms with Crippen LogP contribution in [0.25, 0.3) is 0 Å². The molecule has 1 atom stereocenters. The second-order valence-electron chi connectivity index (χ2n) is 11.2. The van der Waals surface area contributed by atoms with Crippen LogP contribution in [0.15, 0.2) is 24.3 Å². The van der Waals surface area contributed by atoms with E-state index in [2.05, 4.69) is 4.90 Å². The van der Waals surface area contributed by atoms with Gasteiger partial charge in [0.05, 0.1) is 25.1 Å². The molecule has 1 unspecified atom stereocenters. The van der Waals surface area contributed by atoms with E-state index < -0.39 is 29.7 Å². The molecule has 2 saturated heterocycles. The third kappa shape index (κ3) is 10.2. The Balaban J connectivity index is 0.00000616. The van der Waals surface area contributed by atoms with Crippen LogP contribution in [0.2, 0.25) is 0 Å². The largest absolute Gasteiger partial charge is 0.482 e. The van der Waals surface area contributed by atoms with Gasteiger partial charge in [0.25, 0.3) is 0 Å². The summed E-state index contributed by atoms with van der Waals surface area (Å²) in [5.41, 5.74) is -0.243. The van der Waals surface area contributed by atoms with Crippen molar-refractivity contribution in [3.8, 4) is 5.75 Å². The first-order valence-corrected chi connectivity index (χ1v) is 14.0. The highest BCUT2D eigenvalue weighted by molar-refractivity contribution is 5.99. The van der Waals surface area contributed by atoms with Crippen LogP contribution in [0.4, 0.5) is 4.79 Å². The number of carbonyl (C=O) groups is 5. The summed E-state index contributed by atoms with van der Waals surface area (Å²) >= 11 is 0. The lowest BCUT2D eigenvalue weighted by atomic mass is 9.97. The molecule has 13 heteroatoms. The number of hydrogen-bond acceptors (Lipinski definition) is 10. The summed E-state index contributed by atoms with van der Waals surface area (Å²) in [6, 6.07) is 6.56. The van der Waals surface area contributed by atoms with Crippen LogP contribution < -0.4 is 4.74 Å². The Morgan fingerprint density at radius 3 is 2.19 bits per heavy atom. The Kier molecular flexibility index (Phi) is 13.0. The van der Waals surface area contributed by atoms with Crippen molar-refractivity contribution >= 4 is 42.1 Å². The monoisotopic (exact) mass is 611 g/mol. The zero-order valence-electron chi connectivity index (χ0n) is 25.0. The summed E-state index contributed by atoms with van der Waals surface area (Å²) in [5, 5.41) is 0. The number of halogens is 1. The van der Waals surface area contributed by atoms with Gasteiger partial charge in [-0.3, -0.25) is 19.3 Å². The lowest BCUT2D eigenvalue weighted by Crippen LogP contribution is -2.56. The van der Waals surface area contributed by atoms with Gasteiger partial charge in [-0.15, -0.1) is 12.4 Å². The fraction of sp³-hybridized carbons (Fsp3) is 0.621. The fourth-order valence-corrected chi connectivity index (χ4v) is 4.53. The quantitative estimate of drug-likeness (QED) is 0.221. The maximum atomic E-state index is 12.9. The van der Waals surface area contributed by atoms with Gasteiger partial charge >= 0.3 is 18.0 Å². The van der Waals surface area contributed by atoms with Crippen LogP contribution in [0.5, 0.6) is 5.75 Å². The van der Waals surface area contributed by atoms with E-state index in [-0.39, 0.29) is 56.4 Å². The van der Waals surface area contributed by atoms with Gasteiger partial charge in [-0.2, -0.15) is 0 Å². The number of rotatable bonds is 10. The van der Waals surface area contributed by atoms with Crippen LogP contribution in [0, 0.1) is 5.41 Å². The molecule has 3 rings (SSSR count). The van der Waals surface area contributed by atoms with Gasteiger partial charge < -0.3 is 28.7 Å². The summed E-state index contributed by atoms with van der Waals surface area (Å²) in [5.74, 6) is -0.772. The summed E-state index contributed by atoms with van der Waals surface area (Å²) in [7, 11) is 0. The van der Waals surface area contributed by atoms with Crippen molar-refractivity contribution in [3.05, 3.63) is 29.8 Å². The van der Waals surface area contributed by atoms with E-state index in [0.717, 1.165) is 0 Å². The zero-order chi connectivity index (χ0) is 30.2. The van der Waals surface area contributed by atoms with Gasteiger partial charge in [0.15, 0.2) is 12.4 Å². The molecular formula is C29H42ClN3O9. The Labute approximate surface area is 253 Å². The van der Waals surface area contributed by atoms with Crippen molar-refractivity contribution in [3.63, 3.8) is 0 Å². The second-order valence-corrected chi connectivity index (χ2v) is 11.2. The average Bonchev–Trinajstić information content (AvgIpc) is 2.93. The molecule has 2 fully saturated rings. The van der Waals surface area contributed by atoms with E-state index in [1.807, 2.05) is 0 Å². The first-order chi connectivity index (χ1) is 19.4. The molecule has 0 radical (unpaired) electrons. The third-order valence-corrected chi connectivity index (χ3v) is 6.91. The lowest BCUT2D eigenvalue weighted by molar-refractivity contribution is -0.175. The Hall–Kier alpha value is -3.38. The van der Waals surface area contributed by atoms with Crippen molar-refractivity contribution in [1.82, 2.24) is 14.7 Å². The number of ketones is 1. The molecule has 234 valence electrons. The number of esters is 2. The molecule has 2 amide bonds. The van der Waals surface area contributed by atoms with E-state index in [9.17, 15) is 24.0 Å². The van der Waals surface area contributed by atoms with Crippen LogP contribution in [-0.2, 0) is 28.6 Å². The number of ether oxygens (including phenoxy) is 4. The molecule has 0 aliphatic carbocycles. The Morgan fingerprint density at radius 2 is 1.62 bits per heavy atom. The van der Waals surface area contributed by atoms with E-state index in [4.69, 9.17) is 18.9 Å². The summed E-state index contributed by atoms with van der Waals surface area (Å²) in [4.78, 5) is 66.9. The molecule has 42 heavy (non-hydrogen) atoms. The van der Waals surface area contributed by atoms with E-state index in [1.165, 1.54) is 6.92 Å². The number of nitrogens with zero attached hydrogens (tertiary/aromatic N) is 3. The standard InChI is InChI=1S/C29H41N3O9.ClH/c1-6-38-26(35)19-39-23-9-7-21(8-10-23)24(33)17-32-16-15-31(18-25(32)34)22-11-13-30(14-12-22)28(37)41-20(2)40-27(36)29(3,4)5;/h7-10,20,22H,6,11-19H2,1-5H3;1H. The number of carbonyl (C=O) groups excluding carboxylic acids is 5. The number of piperazine rings is 1. The molecule has 1 aromatic rings. The summed E-state index contributed by atoms with van der Waals surface area (Å²) < 4.78 is 20.7. The van der Waals surface area contributed by atoms with Crippen LogP contribution in [-0.4, -0.2) is 109 Å². The minimum absolute atomic E-state index is 0. The van der Waals surface area contributed by atoms with E-state index >= 15 is 0 Å². The van der Waals surface area contributed by atoms with Gasteiger partial charge in [0.2, 0.25) is 12.2 Å². The molecule has 2 aliphatic rings. The minimum atomic E-state index is -0.983. The predicted octanol–water partition coefficient (Wildman–Crippen LogP) is 2.91. The molecule has 0 bridgehead atoms. The maximum Gasteiger partial charge on any atom is 0.412 e. The van der Waals surface area contributed by atoms with Gasteiger partial charge in [-0.25, -0.2) is 9.59 Å². The normalized spacial score (nSPS) is 17.1. The van der Waals surface area contributed by atoms with Gasteiger partial charge in [0, 0.05) is 44.7 Å². The molecule has 0 aromatic heterocycles. The Morgan fingerprint density at radius 1 is 0.976 bits per heavy atom. The van der Waals surface area contributed by atoms with E-state index in [1.54, 1.807) is 61.8 Å². The molecule has 1 aromatic carbocycles. The molecule has 12 nitrogen and oxygen atoms in total. The van der Waals surface area contributed by atoms with Crippen molar-refractivity contribution in [1.29, 1.82) is 0 Å². The lowest BCUT2D eigenvalue weighted by Gasteiger charge is -2.42. The van der Waals surface area contributed by atoms with Crippen LogP contribution in [0.1, 0.15) is 57.8 Å². The van der Waals surface area contributed by atoms with Crippen molar-refractivity contribution < 1.29 is 42.9 Å². The minimum Gasteiger partial charge on any atom is -0.482 e. The van der Waals surface area contributed by atoms with Crippen LogP contribution >= 0.6 is 12.4 Å². The number of Topliss-reactive ketones (excluding diaryl/α,β-unsaturated/α-hetero) is 1.